The zero-order valence-electron chi connectivity index (χ0n) is 17.5. The minimum absolute atomic E-state index is 0.286. The van der Waals surface area contributed by atoms with E-state index in [2.05, 4.69) is 20.4 Å². The Morgan fingerprint density at radius 3 is 2.53 bits per heavy atom. The van der Waals surface area contributed by atoms with E-state index in [-0.39, 0.29) is 11.1 Å². The monoisotopic (exact) mass is 466 g/mol. The Hall–Kier alpha value is -4.56. The van der Waals surface area contributed by atoms with Gasteiger partial charge in [0.1, 0.15) is 11.2 Å². The van der Waals surface area contributed by atoms with Crippen LogP contribution in [-0.4, -0.2) is 29.9 Å². The summed E-state index contributed by atoms with van der Waals surface area (Å²) >= 11 is 6.10. The molecule has 4 heterocycles. The van der Waals surface area contributed by atoms with Gasteiger partial charge in [0.2, 0.25) is 5.89 Å². The molecule has 0 amide bonds. The summed E-state index contributed by atoms with van der Waals surface area (Å²) in [5.74, 6) is 1.15. The summed E-state index contributed by atoms with van der Waals surface area (Å²) in [5.41, 5.74) is 2.73. The second kappa shape index (κ2) is 8.09. The standard InChI is InChI=1S/C25H15ClN6O2/c26-17-10-8-15(9-11-17)22-23(29-24(34-22)16-5-2-1-3-6-16)32-14-19(20-13-28-31-30-20)18-7-4-12-27-21(18)25(32)33/h1-14H,(H,28,30,31). The summed E-state index contributed by atoms with van der Waals surface area (Å²) < 4.78 is 7.65. The van der Waals surface area contributed by atoms with Crippen molar-refractivity contribution < 1.29 is 4.42 Å². The van der Waals surface area contributed by atoms with E-state index in [0.29, 0.717) is 39.1 Å². The number of fused-ring (bicyclic) bond motifs is 1. The van der Waals surface area contributed by atoms with Gasteiger partial charge in [0.05, 0.1) is 6.20 Å². The van der Waals surface area contributed by atoms with Crippen molar-refractivity contribution in [3.8, 4) is 39.9 Å². The molecule has 0 atom stereocenters. The maximum absolute atomic E-state index is 13.6. The molecular weight excluding hydrogens is 452 g/mol. The first-order valence-electron chi connectivity index (χ1n) is 10.4. The van der Waals surface area contributed by atoms with Crippen LogP contribution in [0.1, 0.15) is 0 Å². The topological polar surface area (TPSA) is 102 Å². The third-order valence-corrected chi connectivity index (χ3v) is 5.69. The number of benzene rings is 2. The number of aromatic nitrogens is 6. The van der Waals surface area contributed by atoms with Crippen molar-refractivity contribution in [3.05, 3.63) is 101 Å². The SMILES string of the molecule is O=c1c2ncccc2c(-c2cn[nH]n2)cn1-c1nc(-c2ccccc2)oc1-c1ccc(Cl)cc1. The van der Waals surface area contributed by atoms with Crippen LogP contribution in [0.5, 0.6) is 0 Å². The Morgan fingerprint density at radius 1 is 0.941 bits per heavy atom. The smallest absolute Gasteiger partial charge is 0.282 e. The number of H-pyrrole nitrogens is 1. The molecule has 0 saturated heterocycles. The van der Waals surface area contributed by atoms with Crippen LogP contribution in [0.15, 0.2) is 94.5 Å². The second-order valence-corrected chi connectivity index (χ2v) is 7.95. The van der Waals surface area contributed by atoms with Gasteiger partial charge in [0, 0.05) is 39.5 Å². The van der Waals surface area contributed by atoms with Crippen molar-refractivity contribution in [1.29, 1.82) is 0 Å². The van der Waals surface area contributed by atoms with Gasteiger partial charge in [-0.3, -0.25) is 14.3 Å². The molecule has 4 aromatic heterocycles. The molecule has 9 heteroatoms. The molecule has 0 radical (unpaired) electrons. The molecular formula is C25H15ClN6O2. The summed E-state index contributed by atoms with van der Waals surface area (Å²) in [6.07, 6.45) is 4.87. The van der Waals surface area contributed by atoms with Crippen LogP contribution in [0.2, 0.25) is 5.02 Å². The van der Waals surface area contributed by atoms with Gasteiger partial charge in [-0.15, -0.1) is 0 Å². The first kappa shape index (κ1) is 20.1. The lowest BCUT2D eigenvalue weighted by Crippen LogP contribution is -2.20. The van der Waals surface area contributed by atoms with Crippen LogP contribution >= 0.6 is 11.6 Å². The van der Waals surface area contributed by atoms with Crippen LogP contribution in [0.3, 0.4) is 0 Å². The average molecular weight is 467 g/mol. The fourth-order valence-electron chi connectivity index (χ4n) is 3.83. The Morgan fingerprint density at radius 2 is 1.76 bits per heavy atom. The van der Waals surface area contributed by atoms with Gasteiger partial charge in [-0.2, -0.15) is 20.4 Å². The van der Waals surface area contributed by atoms with Crippen LogP contribution < -0.4 is 5.56 Å². The minimum Gasteiger partial charge on any atom is -0.434 e. The van der Waals surface area contributed by atoms with E-state index >= 15 is 0 Å². The minimum atomic E-state index is -0.328. The fourth-order valence-corrected chi connectivity index (χ4v) is 3.95. The fraction of sp³-hybridized carbons (Fsp3) is 0. The summed E-state index contributed by atoms with van der Waals surface area (Å²) in [4.78, 5) is 22.7. The van der Waals surface area contributed by atoms with Gasteiger partial charge < -0.3 is 4.42 Å². The largest absolute Gasteiger partial charge is 0.434 e. The molecule has 6 aromatic rings. The van der Waals surface area contributed by atoms with Crippen LogP contribution in [0, 0.1) is 0 Å². The van der Waals surface area contributed by atoms with Crippen molar-refractivity contribution >= 4 is 22.5 Å². The number of nitrogens with one attached hydrogen (secondary N) is 1. The highest BCUT2D eigenvalue weighted by Crippen LogP contribution is 2.33. The van der Waals surface area contributed by atoms with Crippen molar-refractivity contribution in [3.63, 3.8) is 0 Å². The highest BCUT2D eigenvalue weighted by atomic mass is 35.5. The molecule has 34 heavy (non-hydrogen) atoms. The van der Waals surface area contributed by atoms with Gasteiger partial charge in [-0.1, -0.05) is 35.9 Å². The van der Waals surface area contributed by atoms with E-state index < -0.39 is 0 Å². The lowest BCUT2D eigenvalue weighted by atomic mass is 10.1. The van der Waals surface area contributed by atoms with Crippen molar-refractivity contribution in [2.45, 2.75) is 0 Å². The number of pyridine rings is 2. The van der Waals surface area contributed by atoms with E-state index in [1.165, 1.54) is 4.57 Å². The predicted octanol–water partition coefficient (Wildman–Crippen LogP) is 5.15. The van der Waals surface area contributed by atoms with E-state index in [0.717, 1.165) is 11.1 Å². The van der Waals surface area contributed by atoms with Crippen LogP contribution in [0.4, 0.5) is 0 Å². The molecule has 0 saturated carbocycles. The number of halogens is 1. The lowest BCUT2D eigenvalue weighted by Gasteiger charge is -2.09. The Bertz CT molecular complexity index is 1670. The van der Waals surface area contributed by atoms with Gasteiger partial charge >= 0.3 is 0 Å². The molecule has 2 aromatic carbocycles. The highest BCUT2D eigenvalue weighted by Gasteiger charge is 2.22. The molecule has 0 unspecified atom stereocenters. The van der Waals surface area contributed by atoms with E-state index in [4.69, 9.17) is 21.0 Å². The zero-order valence-corrected chi connectivity index (χ0v) is 18.3. The Kier molecular flexibility index (Phi) is 4.78. The van der Waals surface area contributed by atoms with Crippen molar-refractivity contribution in [1.82, 2.24) is 29.9 Å². The third-order valence-electron chi connectivity index (χ3n) is 5.43. The maximum atomic E-state index is 13.6. The quantitative estimate of drug-likeness (QED) is 0.385. The predicted molar refractivity (Wildman–Crippen MR) is 129 cm³/mol. The van der Waals surface area contributed by atoms with Crippen molar-refractivity contribution in [2.75, 3.05) is 0 Å². The summed E-state index contributed by atoms with van der Waals surface area (Å²) in [6.45, 7) is 0. The number of hydrogen-bond acceptors (Lipinski definition) is 6. The number of hydrogen-bond donors (Lipinski definition) is 1. The summed E-state index contributed by atoms with van der Waals surface area (Å²) in [6, 6.07) is 20.3. The molecule has 0 aliphatic heterocycles. The molecule has 0 aliphatic rings. The molecule has 1 N–H and O–H groups in total. The van der Waals surface area contributed by atoms with Crippen molar-refractivity contribution in [2.24, 2.45) is 0 Å². The highest BCUT2D eigenvalue weighted by molar-refractivity contribution is 6.30. The maximum Gasteiger partial charge on any atom is 0.282 e. The zero-order chi connectivity index (χ0) is 23.1. The number of oxazole rings is 1. The molecule has 0 aliphatic carbocycles. The number of nitrogens with zero attached hydrogens (tertiary/aromatic N) is 5. The average Bonchev–Trinajstić information content (AvgIpc) is 3.57. The van der Waals surface area contributed by atoms with Crippen LogP contribution in [0.25, 0.3) is 50.8 Å². The van der Waals surface area contributed by atoms with Gasteiger partial charge in [0.25, 0.3) is 5.56 Å². The molecule has 0 bridgehead atoms. The molecule has 164 valence electrons. The van der Waals surface area contributed by atoms with Gasteiger partial charge in [-0.05, 0) is 42.5 Å². The van der Waals surface area contributed by atoms with E-state index in [9.17, 15) is 4.79 Å². The molecule has 8 nitrogen and oxygen atoms in total. The second-order valence-electron chi connectivity index (χ2n) is 7.52. The molecule has 6 rings (SSSR count). The molecule has 0 spiro atoms. The Balaban J connectivity index is 1.66. The third kappa shape index (κ3) is 3.37. The van der Waals surface area contributed by atoms with Gasteiger partial charge in [-0.25, -0.2) is 0 Å². The van der Waals surface area contributed by atoms with Crippen LogP contribution in [-0.2, 0) is 0 Å². The number of rotatable bonds is 4. The Labute approximate surface area is 197 Å². The normalized spacial score (nSPS) is 11.2. The van der Waals surface area contributed by atoms with Gasteiger partial charge in [0.15, 0.2) is 11.6 Å². The molecule has 0 fully saturated rings. The first-order chi connectivity index (χ1) is 16.7. The summed E-state index contributed by atoms with van der Waals surface area (Å²) in [5, 5.41) is 12.0. The first-order valence-corrected chi connectivity index (χ1v) is 10.8. The van der Waals surface area contributed by atoms with E-state index in [1.807, 2.05) is 48.5 Å². The van der Waals surface area contributed by atoms with E-state index in [1.54, 1.807) is 36.8 Å². The number of aromatic amines is 1. The summed E-state index contributed by atoms with van der Waals surface area (Å²) in [7, 11) is 0. The lowest BCUT2D eigenvalue weighted by molar-refractivity contribution is 0.588.